The van der Waals surface area contributed by atoms with Crippen LogP contribution in [0.2, 0.25) is 0 Å². The zero-order valence-electron chi connectivity index (χ0n) is 6.90. The Morgan fingerprint density at radius 2 is 2.00 bits per heavy atom. The molecule has 5 nitrogen and oxygen atoms in total. The molecule has 0 saturated heterocycles. The minimum atomic E-state index is -1.00. The SMILES string of the molecule is C[C@H](N)C(=O)SN[C@@H](C)C(=O)O. The molecule has 0 aromatic heterocycles. The number of carboxylic acids is 1. The molecule has 4 N–H and O–H groups in total. The predicted octanol–water partition coefficient (Wildman–Crippen LogP) is -0.429. The molecule has 2 atom stereocenters. The lowest BCUT2D eigenvalue weighted by Gasteiger charge is -2.07. The van der Waals surface area contributed by atoms with Crippen molar-refractivity contribution in [3.05, 3.63) is 0 Å². The Morgan fingerprint density at radius 1 is 1.50 bits per heavy atom. The van der Waals surface area contributed by atoms with Gasteiger partial charge in [0.05, 0.1) is 6.04 Å². The van der Waals surface area contributed by atoms with E-state index in [2.05, 4.69) is 4.72 Å². The summed E-state index contributed by atoms with van der Waals surface area (Å²) in [5.74, 6) is -1.00. The molecule has 0 heterocycles. The Balaban J connectivity index is 3.69. The molecular formula is C6H12N2O3S. The van der Waals surface area contributed by atoms with Gasteiger partial charge in [0.25, 0.3) is 0 Å². The lowest BCUT2D eigenvalue weighted by Crippen LogP contribution is -2.33. The van der Waals surface area contributed by atoms with E-state index in [1.54, 1.807) is 6.92 Å². The van der Waals surface area contributed by atoms with Gasteiger partial charge in [-0.15, -0.1) is 0 Å². The molecule has 6 heteroatoms. The Hall–Kier alpha value is -0.590. The highest BCUT2D eigenvalue weighted by Gasteiger charge is 2.14. The number of nitrogens with two attached hydrogens (primary N) is 1. The van der Waals surface area contributed by atoms with Gasteiger partial charge in [0.2, 0.25) is 5.12 Å². The first-order valence-corrected chi connectivity index (χ1v) is 4.21. The van der Waals surface area contributed by atoms with Gasteiger partial charge >= 0.3 is 5.97 Å². The van der Waals surface area contributed by atoms with Crippen LogP contribution in [0.15, 0.2) is 0 Å². The average molecular weight is 192 g/mol. The molecule has 0 aromatic rings. The van der Waals surface area contributed by atoms with E-state index in [-0.39, 0.29) is 5.12 Å². The summed E-state index contributed by atoms with van der Waals surface area (Å²) in [5, 5.41) is 8.14. The van der Waals surface area contributed by atoms with Crippen molar-refractivity contribution in [2.75, 3.05) is 0 Å². The maximum absolute atomic E-state index is 10.9. The van der Waals surface area contributed by atoms with E-state index >= 15 is 0 Å². The van der Waals surface area contributed by atoms with Crippen LogP contribution in [0.1, 0.15) is 13.8 Å². The zero-order valence-corrected chi connectivity index (χ0v) is 7.72. The van der Waals surface area contributed by atoms with Crippen molar-refractivity contribution in [2.24, 2.45) is 5.73 Å². The molecule has 0 aliphatic rings. The van der Waals surface area contributed by atoms with E-state index in [1.165, 1.54) is 6.92 Å². The molecule has 0 amide bonds. The number of rotatable bonds is 4. The minimum Gasteiger partial charge on any atom is -0.480 e. The van der Waals surface area contributed by atoms with Gasteiger partial charge in [-0.05, 0) is 25.8 Å². The first-order chi connectivity index (χ1) is 5.45. The first kappa shape index (κ1) is 11.4. The highest BCUT2D eigenvalue weighted by atomic mass is 32.2. The summed E-state index contributed by atoms with van der Waals surface area (Å²) in [4.78, 5) is 21.1. The largest absolute Gasteiger partial charge is 0.480 e. The van der Waals surface area contributed by atoms with Crippen LogP contribution in [-0.4, -0.2) is 28.3 Å². The van der Waals surface area contributed by atoms with Crippen LogP contribution in [0.5, 0.6) is 0 Å². The molecule has 0 spiro atoms. The summed E-state index contributed by atoms with van der Waals surface area (Å²) in [6.45, 7) is 2.99. The summed E-state index contributed by atoms with van der Waals surface area (Å²) in [7, 11) is 0. The standard InChI is InChI=1S/C6H12N2O3S/c1-3(7)6(11)12-8-4(2)5(9)10/h3-4,8H,7H2,1-2H3,(H,9,10)/t3-,4-/m0/s1. The van der Waals surface area contributed by atoms with Crippen molar-refractivity contribution in [3.63, 3.8) is 0 Å². The van der Waals surface area contributed by atoms with Gasteiger partial charge in [0, 0.05) is 0 Å². The summed E-state index contributed by atoms with van der Waals surface area (Å²) in [6, 6.07) is -1.33. The van der Waals surface area contributed by atoms with E-state index in [1.807, 2.05) is 0 Å². The molecule has 0 aromatic carbocycles. The van der Waals surface area contributed by atoms with Gasteiger partial charge in [-0.1, -0.05) is 0 Å². The highest BCUT2D eigenvalue weighted by molar-refractivity contribution is 8.12. The predicted molar refractivity (Wildman–Crippen MR) is 46.5 cm³/mol. The van der Waals surface area contributed by atoms with Crippen molar-refractivity contribution < 1.29 is 14.7 Å². The number of carbonyl (C=O) groups is 2. The molecule has 12 heavy (non-hydrogen) atoms. The molecule has 0 fully saturated rings. The fourth-order valence-electron chi connectivity index (χ4n) is 0.290. The van der Waals surface area contributed by atoms with Crippen molar-refractivity contribution in [1.82, 2.24) is 4.72 Å². The summed E-state index contributed by atoms with van der Waals surface area (Å²) in [5.41, 5.74) is 5.24. The lowest BCUT2D eigenvalue weighted by atomic mass is 10.4. The fraction of sp³-hybridized carbons (Fsp3) is 0.667. The molecule has 0 bridgehead atoms. The third-order valence-corrected chi connectivity index (χ3v) is 2.12. The number of hydrogen-bond acceptors (Lipinski definition) is 5. The normalized spacial score (nSPS) is 15.2. The fourth-order valence-corrected chi connectivity index (χ4v) is 0.869. The molecule has 70 valence electrons. The van der Waals surface area contributed by atoms with E-state index in [0.29, 0.717) is 0 Å². The van der Waals surface area contributed by atoms with Gasteiger partial charge < -0.3 is 10.8 Å². The van der Waals surface area contributed by atoms with Crippen LogP contribution in [0.25, 0.3) is 0 Å². The van der Waals surface area contributed by atoms with Crippen LogP contribution in [0, 0.1) is 0 Å². The smallest absolute Gasteiger partial charge is 0.321 e. The number of carboxylic acid groups (broad SMARTS) is 1. The van der Waals surface area contributed by atoms with Gasteiger partial charge in [-0.3, -0.25) is 9.59 Å². The molecule has 0 saturated carbocycles. The Bertz CT molecular complexity index is 184. The monoisotopic (exact) mass is 192 g/mol. The van der Waals surface area contributed by atoms with Gasteiger partial charge in [-0.25, -0.2) is 4.72 Å². The van der Waals surface area contributed by atoms with E-state index in [9.17, 15) is 9.59 Å². The summed E-state index contributed by atoms with van der Waals surface area (Å²) in [6.07, 6.45) is 0. The number of nitrogens with one attached hydrogen (secondary N) is 1. The maximum Gasteiger partial charge on any atom is 0.321 e. The Morgan fingerprint density at radius 3 is 2.33 bits per heavy atom. The summed E-state index contributed by atoms with van der Waals surface area (Å²) >= 11 is 0.726. The second-order valence-electron chi connectivity index (χ2n) is 2.39. The van der Waals surface area contributed by atoms with Crippen LogP contribution >= 0.6 is 11.9 Å². The van der Waals surface area contributed by atoms with Crippen molar-refractivity contribution >= 4 is 23.0 Å². The first-order valence-electron chi connectivity index (χ1n) is 3.39. The second-order valence-corrected chi connectivity index (χ2v) is 3.23. The number of aliphatic carboxylic acids is 1. The minimum absolute atomic E-state index is 0.275. The molecule has 0 rings (SSSR count). The number of carbonyl (C=O) groups excluding carboxylic acids is 1. The van der Waals surface area contributed by atoms with Gasteiger partial charge in [-0.2, -0.15) is 0 Å². The topological polar surface area (TPSA) is 92.4 Å². The van der Waals surface area contributed by atoms with E-state index in [0.717, 1.165) is 11.9 Å². The second kappa shape index (κ2) is 5.13. The average Bonchev–Trinajstić information content (AvgIpc) is 1.98. The highest BCUT2D eigenvalue weighted by Crippen LogP contribution is 2.00. The van der Waals surface area contributed by atoms with Crippen molar-refractivity contribution in [2.45, 2.75) is 25.9 Å². The lowest BCUT2D eigenvalue weighted by molar-refractivity contribution is -0.138. The van der Waals surface area contributed by atoms with Gasteiger partial charge in [0.15, 0.2) is 0 Å². The van der Waals surface area contributed by atoms with Gasteiger partial charge in [0.1, 0.15) is 6.04 Å². The van der Waals surface area contributed by atoms with Crippen LogP contribution in [0.4, 0.5) is 0 Å². The Labute approximate surface area is 74.8 Å². The molecule has 0 radical (unpaired) electrons. The van der Waals surface area contributed by atoms with Crippen LogP contribution < -0.4 is 10.5 Å². The third kappa shape index (κ3) is 4.32. The van der Waals surface area contributed by atoms with E-state index < -0.39 is 18.1 Å². The van der Waals surface area contributed by atoms with Crippen molar-refractivity contribution in [3.8, 4) is 0 Å². The quantitative estimate of drug-likeness (QED) is 0.523. The zero-order chi connectivity index (χ0) is 9.72. The number of hydrogen-bond donors (Lipinski definition) is 3. The summed E-state index contributed by atoms with van der Waals surface area (Å²) < 4.78 is 2.45. The maximum atomic E-state index is 10.9. The molecule has 0 aliphatic carbocycles. The van der Waals surface area contributed by atoms with Crippen LogP contribution in [0.3, 0.4) is 0 Å². The van der Waals surface area contributed by atoms with Crippen molar-refractivity contribution in [1.29, 1.82) is 0 Å². The molecule has 0 unspecified atom stereocenters. The molecule has 0 aliphatic heterocycles. The Kier molecular flexibility index (Phi) is 4.87. The van der Waals surface area contributed by atoms with E-state index in [4.69, 9.17) is 10.8 Å². The van der Waals surface area contributed by atoms with Crippen LogP contribution in [-0.2, 0) is 9.59 Å². The third-order valence-electron chi connectivity index (χ3n) is 1.08. The molecular weight excluding hydrogens is 180 g/mol.